The van der Waals surface area contributed by atoms with Crippen molar-refractivity contribution >= 4 is 17.5 Å². The maximum absolute atomic E-state index is 12.5. The van der Waals surface area contributed by atoms with Crippen molar-refractivity contribution in [2.75, 3.05) is 6.54 Å². The van der Waals surface area contributed by atoms with E-state index in [-0.39, 0.29) is 12.3 Å². The molecule has 3 rings (SSSR count). The summed E-state index contributed by atoms with van der Waals surface area (Å²) >= 11 is 0. The predicted molar refractivity (Wildman–Crippen MR) is 122 cm³/mol. The summed E-state index contributed by atoms with van der Waals surface area (Å²) in [7, 11) is 0. The average Bonchev–Trinajstić information content (AvgIpc) is 3.21. The van der Waals surface area contributed by atoms with Crippen LogP contribution in [0, 0.1) is 0 Å². The molecule has 2 heterocycles. The van der Waals surface area contributed by atoms with Gasteiger partial charge in [0.2, 0.25) is 0 Å². The number of nitrogens with one attached hydrogen (secondary N) is 1. The van der Waals surface area contributed by atoms with Crippen molar-refractivity contribution in [1.29, 1.82) is 0 Å². The monoisotopic (exact) mass is 421 g/mol. The van der Waals surface area contributed by atoms with Crippen LogP contribution in [0.15, 0.2) is 54.9 Å². The van der Waals surface area contributed by atoms with Gasteiger partial charge < -0.3 is 14.8 Å². The molecular weight excluding hydrogens is 390 g/mol. The lowest BCUT2D eigenvalue weighted by Gasteiger charge is -2.06. The van der Waals surface area contributed by atoms with Gasteiger partial charge in [0.15, 0.2) is 0 Å². The van der Waals surface area contributed by atoms with Gasteiger partial charge in [0, 0.05) is 36.5 Å². The number of benzene rings is 1. The van der Waals surface area contributed by atoms with Gasteiger partial charge in [-0.2, -0.15) is 0 Å². The van der Waals surface area contributed by atoms with Gasteiger partial charge in [0.05, 0.1) is 5.69 Å². The van der Waals surface area contributed by atoms with E-state index in [9.17, 15) is 9.59 Å². The molecular formula is C25H31N3O3. The van der Waals surface area contributed by atoms with E-state index >= 15 is 0 Å². The zero-order valence-corrected chi connectivity index (χ0v) is 17.9. The summed E-state index contributed by atoms with van der Waals surface area (Å²) in [5.41, 5.74) is 3.33. The van der Waals surface area contributed by atoms with Crippen LogP contribution < -0.4 is 5.32 Å². The lowest BCUT2D eigenvalue weighted by Crippen LogP contribution is -2.24. The van der Waals surface area contributed by atoms with E-state index in [1.165, 1.54) is 6.42 Å². The third-order valence-corrected chi connectivity index (χ3v) is 5.39. The van der Waals surface area contributed by atoms with E-state index in [0.717, 1.165) is 61.9 Å². The molecule has 0 saturated carbocycles. The number of aromatic nitrogens is 2. The van der Waals surface area contributed by atoms with Gasteiger partial charge in [0.1, 0.15) is 5.65 Å². The molecule has 0 atom stereocenters. The summed E-state index contributed by atoms with van der Waals surface area (Å²) in [6.45, 7) is 0.673. The molecule has 6 nitrogen and oxygen atoms in total. The average molecular weight is 422 g/mol. The van der Waals surface area contributed by atoms with E-state index < -0.39 is 5.97 Å². The van der Waals surface area contributed by atoms with E-state index in [0.29, 0.717) is 12.1 Å². The van der Waals surface area contributed by atoms with Crippen molar-refractivity contribution in [2.45, 2.75) is 57.8 Å². The number of hydrogen-bond acceptors (Lipinski definition) is 3. The Morgan fingerprint density at radius 1 is 0.903 bits per heavy atom. The van der Waals surface area contributed by atoms with Crippen LogP contribution in [0.25, 0.3) is 16.9 Å². The van der Waals surface area contributed by atoms with Crippen LogP contribution in [-0.4, -0.2) is 32.9 Å². The third-order valence-electron chi connectivity index (χ3n) is 5.39. The second kappa shape index (κ2) is 11.9. The third kappa shape index (κ3) is 7.24. The molecule has 0 aliphatic rings. The van der Waals surface area contributed by atoms with Crippen LogP contribution in [0.4, 0.5) is 0 Å². The van der Waals surface area contributed by atoms with Crippen LogP contribution in [0.5, 0.6) is 0 Å². The molecule has 0 radical (unpaired) electrons. The standard InChI is InChI=1S/C25H31N3O3/c29-24(30)14-10-5-3-1-2-4-6-11-16-26-25(31)21-15-17-28-19-22(27-23(28)18-21)20-12-8-7-9-13-20/h7-9,12-13,15,17-19H,1-6,10-11,14,16H2,(H,26,31)(H,29,30). The highest BCUT2D eigenvalue weighted by molar-refractivity contribution is 5.95. The number of imidazole rings is 1. The van der Waals surface area contributed by atoms with E-state index in [1.807, 2.05) is 59.3 Å². The van der Waals surface area contributed by atoms with Crippen LogP contribution >= 0.6 is 0 Å². The molecule has 0 fully saturated rings. The molecule has 1 aromatic carbocycles. The van der Waals surface area contributed by atoms with Gasteiger partial charge in [-0.3, -0.25) is 9.59 Å². The SMILES string of the molecule is O=C(O)CCCCCCCCCCNC(=O)c1ccn2cc(-c3ccccc3)nc2c1. The number of amides is 1. The largest absolute Gasteiger partial charge is 0.481 e. The number of unbranched alkanes of at least 4 members (excludes halogenated alkanes) is 7. The quantitative estimate of drug-likeness (QED) is 0.366. The fraction of sp³-hybridized carbons (Fsp3) is 0.400. The fourth-order valence-corrected chi connectivity index (χ4v) is 3.64. The number of rotatable bonds is 13. The van der Waals surface area contributed by atoms with Crippen LogP contribution in [-0.2, 0) is 4.79 Å². The molecule has 0 bridgehead atoms. The Morgan fingerprint density at radius 2 is 1.58 bits per heavy atom. The maximum atomic E-state index is 12.5. The van der Waals surface area contributed by atoms with Crippen molar-refractivity contribution in [3.05, 3.63) is 60.4 Å². The lowest BCUT2D eigenvalue weighted by molar-refractivity contribution is -0.137. The van der Waals surface area contributed by atoms with Crippen molar-refractivity contribution in [2.24, 2.45) is 0 Å². The molecule has 31 heavy (non-hydrogen) atoms. The molecule has 0 unspecified atom stereocenters. The minimum absolute atomic E-state index is 0.0646. The Hall–Kier alpha value is -3.15. The number of carboxylic acid groups (broad SMARTS) is 1. The summed E-state index contributed by atoms with van der Waals surface area (Å²) < 4.78 is 1.93. The van der Waals surface area contributed by atoms with Crippen molar-refractivity contribution in [3.8, 4) is 11.3 Å². The summed E-state index contributed by atoms with van der Waals surface area (Å²) in [5, 5.41) is 11.6. The Bertz CT molecular complexity index is 982. The highest BCUT2D eigenvalue weighted by Crippen LogP contribution is 2.19. The fourth-order valence-electron chi connectivity index (χ4n) is 3.64. The summed E-state index contributed by atoms with van der Waals surface area (Å²) in [6, 6.07) is 13.6. The number of pyridine rings is 1. The van der Waals surface area contributed by atoms with Crippen LogP contribution in [0.3, 0.4) is 0 Å². The highest BCUT2D eigenvalue weighted by atomic mass is 16.4. The lowest BCUT2D eigenvalue weighted by atomic mass is 10.1. The first kappa shape index (κ1) is 22.5. The van der Waals surface area contributed by atoms with E-state index in [2.05, 4.69) is 10.3 Å². The second-order valence-electron chi connectivity index (χ2n) is 7.90. The summed E-state index contributed by atoms with van der Waals surface area (Å²) in [4.78, 5) is 27.6. The second-order valence-corrected chi connectivity index (χ2v) is 7.90. The highest BCUT2D eigenvalue weighted by Gasteiger charge is 2.09. The van der Waals surface area contributed by atoms with Crippen LogP contribution in [0.1, 0.15) is 68.1 Å². The van der Waals surface area contributed by atoms with Crippen molar-refractivity contribution < 1.29 is 14.7 Å². The predicted octanol–water partition coefficient (Wildman–Crippen LogP) is 5.33. The number of hydrogen-bond donors (Lipinski definition) is 2. The van der Waals surface area contributed by atoms with Crippen molar-refractivity contribution in [1.82, 2.24) is 14.7 Å². The summed E-state index contributed by atoms with van der Waals surface area (Å²) in [6.07, 6.45) is 12.5. The molecule has 0 spiro atoms. The number of fused-ring (bicyclic) bond motifs is 1. The van der Waals surface area contributed by atoms with E-state index in [1.54, 1.807) is 0 Å². The summed E-state index contributed by atoms with van der Waals surface area (Å²) in [5.74, 6) is -0.770. The van der Waals surface area contributed by atoms with Gasteiger partial charge in [-0.1, -0.05) is 68.9 Å². The Kier molecular flexibility index (Phi) is 8.64. The normalized spacial score (nSPS) is 11.0. The molecule has 164 valence electrons. The first-order valence-electron chi connectivity index (χ1n) is 11.2. The number of nitrogens with zero attached hydrogens (tertiary/aromatic N) is 2. The molecule has 1 amide bonds. The topological polar surface area (TPSA) is 83.7 Å². The number of carbonyl (C=O) groups is 2. The molecule has 0 aliphatic carbocycles. The first-order chi connectivity index (χ1) is 15.1. The molecule has 0 saturated heterocycles. The maximum Gasteiger partial charge on any atom is 0.303 e. The Balaban J connectivity index is 1.35. The smallest absolute Gasteiger partial charge is 0.303 e. The Morgan fingerprint density at radius 3 is 2.29 bits per heavy atom. The van der Waals surface area contributed by atoms with Gasteiger partial charge in [-0.15, -0.1) is 0 Å². The zero-order valence-electron chi connectivity index (χ0n) is 17.9. The van der Waals surface area contributed by atoms with Gasteiger partial charge >= 0.3 is 5.97 Å². The Labute approximate surface area is 183 Å². The van der Waals surface area contributed by atoms with Crippen molar-refractivity contribution in [3.63, 3.8) is 0 Å². The molecule has 6 heteroatoms. The number of carbonyl (C=O) groups excluding carboxylic acids is 1. The molecule has 3 aromatic rings. The van der Waals surface area contributed by atoms with Gasteiger partial charge in [-0.05, 0) is 25.0 Å². The molecule has 2 aromatic heterocycles. The zero-order chi connectivity index (χ0) is 21.9. The minimum atomic E-state index is -0.705. The van der Waals surface area contributed by atoms with Gasteiger partial charge in [0.25, 0.3) is 5.91 Å². The van der Waals surface area contributed by atoms with E-state index in [4.69, 9.17) is 5.11 Å². The molecule has 2 N–H and O–H groups in total. The molecule has 0 aliphatic heterocycles. The number of carboxylic acids is 1. The van der Waals surface area contributed by atoms with Gasteiger partial charge in [-0.25, -0.2) is 4.98 Å². The minimum Gasteiger partial charge on any atom is -0.481 e. The number of aliphatic carboxylic acids is 1. The van der Waals surface area contributed by atoms with Crippen LogP contribution in [0.2, 0.25) is 0 Å². The first-order valence-corrected chi connectivity index (χ1v) is 11.2.